The molecule has 1 aromatic heterocycles. The third-order valence-corrected chi connectivity index (χ3v) is 11.1. The first-order valence-electron chi connectivity index (χ1n) is 14.5. The minimum atomic E-state index is -4.13. The Morgan fingerprint density at radius 3 is 2.41 bits per heavy atom. The van der Waals surface area contributed by atoms with Gasteiger partial charge >= 0.3 is 0 Å². The minimum Gasteiger partial charge on any atom is -0.347 e. The average molecular weight is 668 g/mol. The number of hydrogen-bond acceptors (Lipinski definition) is 7. The fraction of sp³-hybridized carbons (Fsp3) is 0.500. The smallest absolute Gasteiger partial charge is 0.289 e. The molecule has 5 rings (SSSR count). The Kier molecular flexibility index (Phi) is 9.08. The van der Waals surface area contributed by atoms with E-state index in [0.717, 1.165) is 23.8 Å². The van der Waals surface area contributed by atoms with Crippen LogP contribution in [0.1, 0.15) is 58.1 Å². The van der Waals surface area contributed by atoms with Crippen molar-refractivity contribution in [3.8, 4) is 0 Å². The Bertz CT molecular complexity index is 1610. The van der Waals surface area contributed by atoms with Gasteiger partial charge in [-0.15, -0.1) is 0 Å². The van der Waals surface area contributed by atoms with Crippen LogP contribution in [0.4, 0.5) is 4.39 Å². The number of amides is 3. The first kappa shape index (κ1) is 32.3. The van der Waals surface area contributed by atoms with Gasteiger partial charge in [-0.25, -0.2) is 12.8 Å². The molecule has 0 bridgehead atoms. The van der Waals surface area contributed by atoms with Gasteiger partial charge in [0, 0.05) is 18.8 Å². The van der Waals surface area contributed by atoms with Crippen LogP contribution in [-0.2, 0) is 34.4 Å². The van der Waals surface area contributed by atoms with Crippen molar-refractivity contribution in [2.24, 2.45) is 5.92 Å². The molecule has 236 valence electrons. The van der Waals surface area contributed by atoms with Crippen LogP contribution in [0.25, 0.3) is 0 Å². The monoisotopic (exact) mass is 666 g/mol. The van der Waals surface area contributed by atoms with Crippen LogP contribution in [0.3, 0.4) is 0 Å². The standard InChI is InChI=1S/C30H33Cl2FN4O6S/c1-16(2)11-22(25(38)28(40)35-18-7-8-18)36-27(39)23-13-19(44(42,43)24-6-4-3-5-20(24)32)15-37(23)29(41)30(9-10-30)26-21(33)12-17(31)14-34-26/h3-6,12,14,16,18-19,22-23H,7-11,13,15H2,1-2H3,(H,35,40)(H,36,39)/t19-,22?,23+/m1/s1. The summed E-state index contributed by atoms with van der Waals surface area (Å²) in [5.41, 5.74) is -1.53. The Morgan fingerprint density at radius 2 is 1.82 bits per heavy atom. The van der Waals surface area contributed by atoms with Gasteiger partial charge in [0.25, 0.3) is 5.91 Å². The summed E-state index contributed by atoms with van der Waals surface area (Å²) in [7, 11) is -4.13. The second kappa shape index (κ2) is 12.4. The third kappa shape index (κ3) is 6.48. The van der Waals surface area contributed by atoms with Crippen LogP contribution in [0.15, 0.2) is 41.4 Å². The summed E-state index contributed by atoms with van der Waals surface area (Å²) >= 11 is 12.1. The van der Waals surface area contributed by atoms with E-state index in [1.807, 2.05) is 13.8 Å². The van der Waals surface area contributed by atoms with Gasteiger partial charge in [-0.05, 0) is 62.6 Å². The van der Waals surface area contributed by atoms with Gasteiger partial charge in [0.2, 0.25) is 17.6 Å². The molecule has 1 aliphatic heterocycles. The number of sulfone groups is 1. The first-order chi connectivity index (χ1) is 20.7. The van der Waals surface area contributed by atoms with Gasteiger partial charge in [-0.3, -0.25) is 24.2 Å². The van der Waals surface area contributed by atoms with Crippen molar-refractivity contribution in [1.29, 1.82) is 0 Å². The number of halogens is 3. The van der Waals surface area contributed by atoms with Crippen LogP contribution in [0, 0.1) is 11.7 Å². The first-order valence-corrected chi connectivity index (χ1v) is 16.8. The van der Waals surface area contributed by atoms with E-state index in [1.54, 1.807) is 6.07 Å². The number of carbonyl (C=O) groups is 4. The second-order valence-electron chi connectivity index (χ2n) is 12.2. The topological polar surface area (TPSA) is 143 Å². The van der Waals surface area contributed by atoms with Gasteiger partial charge in [0.1, 0.15) is 11.9 Å². The lowest BCUT2D eigenvalue weighted by Gasteiger charge is -2.29. The Morgan fingerprint density at radius 1 is 1.14 bits per heavy atom. The van der Waals surface area contributed by atoms with Crippen molar-refractivity contribution in [3.63, 3.8) is 0 Å². The number of likely N-dealkylation sites (tertiary alicyclic amines) is 1. The fourth-order valence-electron chi connectivity index (χ4n) is 5.68. The van der Waals surface area contributed by atoms with Crippen molar-refractivity contribution in [2.45, 2.75) is 86.1 Å². The van der Waals surface area contributed by atoms with Crippen molar-refractivity contribution < 1.29 is 32.0 Å². The third-order valence-electron chi connectivity index (χ3n) is 8.31. The maximum Gasteiger partial charge on any atom is 0.289 e. The number of nitrogens with one attached hydrogen (secondary N) is 2. The lowest BCUT2D eigenvalue weighted by Crippen LogP contribution is -2.55. The molecule has 3 aliphatic rings. The van der Waals surface area contributed by atoms with Crippen molar-refractivity contribution in [1.82, 2.24) is 20.5 Å². The molecular weight excluding hydrogens is 634 g/mol. The Labute approximate surface area is 265 Å². The normalized spacial score (nSPS) is 21.5. The summed E-state index contributed by atoms with van der Waals surface area (Å²) in [5, 5.41) is 4.08. The predicted octanol–water partition coefficient (Wildman–Crippen LogP) is 3.38. The molecular formula is C30H33Cl2FN4O6S. The molecule has 2 saturated carbocycles. The van der Waals surface area contributed by atoms with Crippen molar-refractivity contribution in [3.05, 3.63) is 58.1 Å². The largest absolute Gasteiger partial charge is 0.347 e. The van der Waals surface area contributed by atoms with Crippen LogP contribution in [-0.4, -0.2) is 71.7 Å². The van der Waals surface area contributed by atoms with Gasteiger partial charge in [-0.1, -0.05) is 49.2 Å². The molecule has 1 saturated heterocycles. The van der Waals surface area contributed by atoms with E-state index >= 15 is 0 Å². The lowest BCUT2D eigenvalue weighted by molar-refractivity contribution is -0.143. The molecule has 2 aliphatic carbocycles. The number of Topliss-reactive ketones (excluding diaryl/α,β-unsaturated/α-hetero) is 1. The van der Waals surface area contributed by atoms with E-state index in [-0.39, 0.29) is 64.8 Å². The number of ketones is 1. The molecule has 2 N–H and O–H groups in total. The van der Waals surface area contributed by atoms with Gasteiger partial charge in [0.15, 0.2) is 9.84 Å². The van der Waals surface area contributed by atoms with E-state index in [1.165, 1.54) is 24.4 Å². The molecule has 3 fully saturated rings. The van der Waals surface area contributed by atoms with Crippen LogP contribution in [0.2, 0.25) is 10.0 Å². The van der Waals surface area contributed by atoms with E-state index < -0.39 is 61.9 Å². The summed E-state index contributed by atoms with van der Waals surface area (Å²) in [5.74, 6) is -3.93. The summed E-state index contributed by atoms with van der Waals surface area (Å²) in [6, 6.07) is 4.33. The maximum absolute atomic E-state index is 15.0. The highest BCUT2D eigenvalue weighted by atomic mass is 35.5. The maximum atomic E-state index is 15.0. The Balaban J connectivity index is 1.46. The van der Waals surface area contributed by atoms with Crippen molar-refractivity contribution in [2.75, 3.05) is 6.54 Å². The molecule has 2 heterocycles. The number of carbonyl (C=O) groups excluding carboxylic acids is 4. The average Bonchev–Trinajstić information content (AvgIpc) is 3.89. The summed E-state index contributed by atoms with van der Waals surface area (Å²) in [6.07, 6.45) is 3.08. The van der Waals surface area contributed by atoms with Gasteiger partial charge in [0.05, 0.1) is 37.3 Å². The molecule has 2 aromatic rings. The lowest BCUT2D eigenvalue weighted by atomic mass is 9.97. The number of pyridine rings is 1. The number of benzene rings is 1. The molecule has 44 heavy (non-hydrogen) atoms. The van der Waals surface area contributed by atoms with Gasteiger partial charge in [-0.2, -0.15) is 0 Å². The molecule has 3 amide bonds. The van der Waals surface area contributed by atoms with E-state index in [2.05, 4.69) is 15.6 Å². The predicted molar refractivity (Wildman–Crippen MR) is 160 cm³/mol. The zero-order valence-corrected chi connectivity index (χ0v) is 26.5. The highest BCUT2D eigenvalue weighted by molar-refractivity contribution is 7.92. The number of rotatable bonds is 11. The summed E-state index contributed by atoms with van der Waals surface area (Å²) in [6.45, 7) is 3.28. The van der Waals surface area contributed by atoms with Crippen LogP contribution >= 0.6 is 23.2 Å². The van der Waals surface area contributed by atoms with E-state index in [0.29, 0.717) is 0 Å². The molecule has 10 nitrogen and oxygen atoms in total. The highest BCUT2D eigenvalue weighted by Crippen LogP contribution is 2.51. The van der Waals surface area contributed by atoms with E-state index in [9.17, 15) is 32.0 Å². The molecule has 1 unspecified atom stereocenters. The zero-order valence-electron chi connectivity index (χ0n) is 24.2. The summed E-state index contributed by atoms with van der Waals surface area (Å²) in [4.78, 5) is 58.8. The number of nitrogens with zero attached hydrogens (tertiary/aromatic N) is 2. The van der Waals surface area contributed by atoms with Crippen molar-refractivity contribution >= 4 is 56.5 Å². The molecule has 1 aromatic carbocycles. The second-order valence-corrected chi connectivity index (χ2v) is 15.2. The zero-order chi connectivity index (χ0) is 32.0. The Hall–Kier alpha value is -3.09. The SMILES string of the molecule is CC(C)CC(NC(=O)[C@@H]1C[C@@H](S(=O)(=O)c2ccccc2Cl)CN1C(=O)C1(c2ncc(Cl)cc2F)CC1)C(=O)C(=O)NC1CC1. The number of hydrogen-bond donors (Lipinski definition) is 2. The van der Waals surface area contributed by atoms with E-state index in [4.69, 9.17) is 23.2 Å². The minimum absolute atomic E-state index is 0.00588. The molecule has 14 heteroatoms. The molecule has 3 atom stereocenters. The van der Waals surface area contributed by atoms with Gasteiger partial charge < -0.3 is 15.5 Å². The fourth-order valence-corrected chi connectivity index (χ4v) is 8.04. The van der Waals surface area contributed by atoms with Crippen LogP contribution in [0.5, 0.6) is 0 Å². The highest BCUT2D eigenvalue weighted by Gasteiger charge is 2.59. The number of aromatic nitrogens is 1. The van der Waals surface area contributed by atoms with Crippen LogP contribution < -0.4 is 10.6 Å². The summed E-state index contributed by atoms with van der Waals surface area (Å²) < 4.78 is 42.5. The molecule has 0 radical (unpaired) electrons. The molecule has 0 spiro atoms. The quantitative estimate of drug-likeness (QED) is 0.350.